The van der Waals surface area contributed by atoms with Crippen LogP contribution in [0.5, 0.6) is 0 Å². The Morgan fingerprint density at radius 2 is 1.92 bits per heavy atom. The average molecular weight is 345 g/mol. The summed E-state index contributed by atoms with van der Waals surface area (Å²) in [5.74, 6) is 1.25. The molecular weight excluding hydrogens is 314 g/mol. The number of rotatable bonds is 2. The van der Waals surface area contributed by atoms with Crippen molar-refractivity contribution in [2.24, 2.45) is 11.8 Å². The number of nitrogens with one attached hydrogen (secondary N) is 1. The minimum absolute atomic E-state index is 0.0307. The second-order valence-corrected chi connectivity index (χ2v) is 7.71. The quantitative estimate of drug-likeness (QED) is 0.888. The van der Waals surface area contributed by atoms with Gasteiger partial charge in [0, 0.05) is 37.6 Å². The average Bonchev–Trinajstić information content (AvgIpc) is 2.78. The fourth-order valence-electron chi connectivity index (χ4n) is 3.86. The van der Waals surface area contributed by atoms with Crippen LogP contribution in [0.4, 0.5) is 16.2 Å². The number of nitrogens with zero attached hydrogens (tertiary/aromatic N) is 2. The van der Waals surface area contributed by atoms with Gasteiger partial charge in [0.05, 0.1) is 13.2 Å². The first-order valence-electron chi connectivity index (χ1n) is 9.52. The van der Waals surface area contributed by atoms with E-state index >= 15 is 0 Å². The Labute approximate surface area is 151 Å². The van der Waals surface area contributed by atoms with Crippen LogP contribution in [0, 0.1) is 18.8 Å². The van der Waals surface area contributed by atoms with Crippen molar-refractivity contribution >= 4 is 17.4 Å². The molecule has 2 aliphatic rings. The van der Waals surface area contributed by atoms with Gasteiger partial charge in [-0.15, -0.1) is 0 Å². The van der Waals surface area contributed by atoms with Crippen molar-refractivity contribution in [3.8, 4) is 0 Å². The smallest absolute Gasteiger partial charge is 0.321 e. The molecule has 5 heteroatoms. The monoisotopic (exact) mass is 345 g/mol. The highest BCUT2D eigenvalue weighted by Gasteiger charge is 2.23. The third-order valence-corrected chi connectivity index (χ3v) is 5.35. The number of likely N-dealkylation sites (tertiary alicyclic amines) is 1. The van der Waals surface area contributed by atoms with Gasteiger partial charge < -0.3 is 19.9 Å². The summed E-state index contributed by atoms with van der Waals surface area (Å²) in [5, 5.41) is 3.15. The predicted octanol–water partition coefficient (Wildman–Crippen LogP) is 3.73. The van der Waals surface area contributed by atoms with Crippen LogP contribution in [0.2, 0.25) is 0 Å². The predicted molar refractivity (Wildman–Crippen MR) is 102 cm³/mol. The second-order valence-electron chi connectivity index (χ2n) is 7.71. The van der Waals surface area contributed by atoms with Crippen LogP contribution >= 0.6 is 0 Å². The fourth-order valence-corrected chi connectivity index (χ4v) is 3.86. The lowest BCUT2D eigenvalue weighted by molar-refractivity contribution is 0.122. The minimum atomic E-state index is 0.0307. The molecule has 25 heavy (non-hydrogen) atoms. The number of hydrogen-bond donors (Lipinski definition) is 1. The first-order valence-corrected chi connectivity index (χ1v) is 9.52. The molecule has 0 spiro atoms. The van der Waals surface area contributed by atoms with E-state index in [9.17, 15) is 4.79 Å². The third kappa shape index (κ3) is 4.66. The van der Waals surface area contributed by atoms with E-state index in [2.05, 4.69) is 42.3 Å². The molecule has 1 aromatic carbocycles. The number of anilines is 2. The molecule has 3 rings (SSSR count). The summed E-state index contributed by atoms with van der Waals surface area (Å²) in [6.45, 7) is 11.6. The molecule has 1 N–H and O–H groups in total. The number of ether oxygens (including phenoxy) is 1. The highest BCUT2D eigenvalue weighted by molar-refractivity contribution is 5.91. The van der Waals surface area contributed by atoms with Gasteiger partial charge in [-0.05, 0) is 49.3 Å². The summed E-state index contributed by atoms with van der Waals surface area (Å²) in [6, 6.07) is 6.35. The maximum Gasteiger partial charge on any atom is 0.321 e. The molecule has 0 aromatic heterocycles. The summed E-state index contributed by atoms with van der Waals surface area (Å²) in [5.41, 5.74) is 3.17. The minimum Gasteiger partial charge on any atom is -0.378 e. The standard InChI is InChI=1S/C20H31N3O2/c1-15-6-7-23(14-16(2)12-15)20(24)21-19-13-18(5-4-17(19)3)22-8-10-25-11-9-22/h4-5,13,15-16H,6-12,14H2,1-3H3,(H,21,24). The molecule has 2 unspecified atom stereocenters. The van der Waals surface area contributed by atoms with Gasteiger partial charge in [0.25, 0.3) is 0 Å². The Hall–Kier alpha value is -1.75. The molecule has 2 heterocycles. The number of amides is 2. The van der Waals surface area contributed by atoms with Crippen LogP contribution in [-0.4, -0.2) is 50.3 Å². The highest BCUT2D eigenvalue weighted by atomic mass is 16.5. The lowest BCUT2D eigenvalue weighted by atomic mass is 9.97. The van der Waals surface area contributed by atoms with Gasteiger partial charge in [-0.1, -0.05) is 19.9 Å². The normalized spacial score (nSPS) is 24.8. The number of carbonyl (C=O) groups excluding carboxylic acids is 1. The zero-order valence-electron chi connectivity index (χ0n) is 15.8. The molecule has 1 aromatic rings. The van der Waals surface area contributed by atoms with Gasteiger partial charge in [-0.3, -0.25) is 0 Å². The van der Waals surface area contributed by atoms with Crippen molar-refractivity contribution in [2.75, 3.05) is 49.6 Å². The topological polar surface area (TPSA) is 44.8 Å². The van der Waals surface area contributed by atoms with Crippen molar-refractivity contribution in [2.45, 2.75) is 33.6 Å². The largest absolute Gasteiger partial charge is 0.378 e. The van der Waals surface area contributed by atoms with E-state index < -0.39 is 0 Å². The Morgan fingerprint density at radius 3 is 2.68 bits per heavy atom. The van der Waals surface area contributed by atoms with E-state index in [0.29, 0.717) is 11.8 Å². The number of hydrogen-bond acceptors (Lipinski definition) is 3. The number of benzene rings is 1. The van der Waals surface area contributed by atoms with Crippen LogP contribution in [0.15, 0.2) is 18.2 Å². The Balaban J connectivity index is 1.69. The van der Waals surface area contributed by atoms with E-state index in [1.807, 2.05) is 11.8 Å². The van der Waals surface area contributed by atoms with Gasteiger partial charge in [0.1, 0.15) is 0 Å². The first kappa shape index (κ1) is 18.1. The number of morpholine rings is 1. The van der Waals surface area contributed by atoms with Crippen LogP contribution in [-0.2, 0) is 4.74 Å². The molecule has 0 bridgehead atoms. The second kappa shape index (κ2) is 8.09. The Bertz CT molecular complexity index is 599. The number of carbonyl (C=O) groups is 1. The summed E-state index contributed by atoms with van der Waals surface area (Å²) >= 11 is 0. The van der Waals surface area contributed by atoms with Gasteiger partial charge in [-0.25, -0.2) is 4.79 Å². The molecule has 138 valence electrons. The molecule has 0 radical (unpaired) electrons. The highest BCUT2D eigenvalue weighted by Crippen LogP contribution is 2.26. The van der Waals surface area contributed by atoms with E-state index in [4.69, 9.17) is 4.74 Å². The van der Waals surface area contributed by atoms with Crippen molar-refractivity contribution < 1.29 is 9.53 Å². The summed E-state index contributed by atoms with van der Waals surface area (Å²) in [4.78, 5) is 17.1. The lowest BCUT2D eigenvalue weighted by Gasteiger charge is -2.30. The number of urea groups is 1. The molecule has 0 saturated carbocycles. The van der Waals surface area contributed by atoms with Gasteiger partial charge in [-0.2, -0.15) is 0 Å². The van der Waals surface area contributed by atoms with Crippen molar-refractivity contribution in [3.63, 3.8) is 0 Å². The van der Waals surface area contributed by atoms with Crippen molar-refractivity contribution in [1.29, 1.82) is 0 Å². The summed E-state index contributed by atoms with van der Waals surface area (Å²) < 4.78 is 5.43. The molecule has 2 atom stereocenters. The van der Waals surface area contributed by atoms with Crippen molar-refractivity contribution in [1.82, 2.24) is 4.90 Å². The fraction of sp³-hybridized carbons (Fsp3) is 0.650. The molecule has 2 aliphatic heterocycles. The molecule has 0 aliphatic carbocycles. The summed E-state index contributed by atoms with van der Waals surface area (Å²) in [6.07, 6.45) is 2.29. The lowest BCUT2D eigenvalue weighted by Crippen LogP contribution is -2.38. The first-order chi connectivity index (χ1) is 12.0. The van der Waals surface area contributed by atoms with Gasteiger partial charge in [0.2, 0.25) is 0 Å². The molecular formula is C20H31N3O2. The Morgan fingerprint density at radius 1 is 1.16 bits per heavy atom. The molecule has 2 amide bonds. The zero-order valence-corrected chi connectivity index (χ0v) is 15.8. The maximum absolute atomic E-state index is 12.8. The van der Waals surface area contributed by atoms with Crippen LogP contribution in [0.1, 0.15) is 32.3 Å². The van der Waals surface area contributed by atoms with E-state index in [0.717, 1.165) is 62.8 Å². The Kier molecular flexibility index (Phi) is 5.84. The number of aryl methyl sites for hydroxylation is 1. The van der Waals surface area contributed by atoms with Crippen LogP contribution in [0.25, 0.3) is 0 Å². The van der Waals surface area contributed by atoms with Gasteiger partial charge in [0.15, 0.2) is 0 Å². The zero-order chi connectivity index (χ0) is 17.8. The van der Waals surface area contributed by atoms with Crippen LogP contribution < -0.4 is 10.2 Å². The van der Waals surface area contributed by atoms with E-state index in [1.54, 1.807) is 0 Å². The van der Waals surface area contributed by atoms with Gasteiger partial charge >= 0.3 is 6.03 Å². The molecule has 2 fully saturated rings. The summed E-state index contributed by atoms with van der Waals surface area (Å²) in [7, 11) is 0. The van der Waals surface area contributed by atoms with E-state index in [1.165, 1.54) is 6.42 Å². The van der Waals surface area contributed by atoms with E-state index in [-0.39, 0.29) is 6.03 Å². The molecule has 2 saturated heterocycles. The third-order valence-electron chi connectivity index (χ3n) is 5.35. The molecule has 5 nitrogen and oxygen atoms in total. The van der Waals surface area contributed by atoms with Crippen molar-refractivity contribution in [3.05, 3.63) is 23.8 Å². The maximum atomic E-state index is 12.8. The van der Waals surface area contributed by atoms with Crippen LogP contribution in [0.3, 0.4) is 0 Å². The SMILES string of the molecule is Cc1ccc(N2CCOCC2)cc1NC(=O)N1CCC(C)CC(C)C1.